The fraction of sp³-hybridized carbons (Fsp3) is 0.895. The highest BCUT2D eigenvalue weighted by Gasteiger charge is 2.53. The maximum Gasteiger partial charge on any atom is 0.408 e. The van der Waals surface area contributed by atoms with Crippen molar-refractivity contribution in [1.29, 1.82) is 0 Å². The van der Waals surface area contributed by atoms with Crippen LogP contribution in [0, 0.1) is 23.2 Å². The fourth-order valence-electron chi connectivity index (χ4n) is 5.62. The first-order chi connectivity index (χ1) is 11.2. The Morgan fingerprint density at radius 3 is 2.04 bits per heavy atom. The lowest BCUT2D eigenvalue weighted by Crippen LogP contribution is -2.56. The minimum Gasteiger partial charge on any atom is -0.444 e. The molecule has 2 amide bonds. The summed E-state index contributed by atoms with van der Waals surface area (Å²) >= 11 is 0. The second-order valence-corrected chi connectivity index (χ2v) is 9.42. The molecule has 0 heterocycles. The van der Waals surface area contributed by atoms with Crippen LogP contribution in [0.4, 0.5) is 4.79 Å². The van der Waals surface area contributed by atoms with Gasteiger partial charge in [-0.25, -0.2) is 4.79 Å². The Labute approximate surface area is 145 Å². The molecule has 1 atom stereocenters. The van der Waals surface area contributed by atoms with Crippen molar-refractivity contribution >= 4 is 12.0 Å². The van der Waals surface area contributed by atoms with Gasteiger partial charge >= 0.3 is 6.09 Å². The van der Waals surface area contributed by atoms with Gasteiger partial charge in [-0.1, -0.05) is 0 Å². The van der Waals surface area contributed by atoms with Crippen molar-refractivity contribution in [2.75, 3.05) is 6.54 Å². The molecule has 136 valence electrons. The van der Waals surface area contributed by atoms with Gasteiger partial charge in [-0.15, -0.1) is 0 Å². The highest BCUT2D eigenvalue weighted by Crippen LogP contribution is 2.61. The average Bonchev–Trinajstić information content (AvgIpc) is 2.41. The number of carbonyl (C=O) groups is 2. The summed E-state index contributed by atoms with van der Waals surface area (Å²) < 4.78 is 5.16. The minimum absolute atomic E-state index is 0.0222. The van der Waals surface area contributed by atoms with Gasteiger partial charge in [0.25, 0.3) is 0 Å². The van der Waals surface area contributed by atoms with Gasteiger partial charge in [0.15, 0.2) is 0 Å². The Hall–Kier alpha value is -1.26. The van der Waals surface area contributed by atoms with E-state index < -0.39 is 11.7 Å². The van der Waals surface area contributed by atoms with E-state index in [2.05, 4.69) is 17.6 Å². The topological polar surface area (TPSA) is 67.4 Å². The van der Waals surface area contributed by atoms with E-state index in [0.717, 1.165) is 17.8 Å². The van der Waals surface area contributed by atoms with Crippen molar-refractivity contribution in [2.24, 2.45) is 23.2 Å². The zero-order valence-electron chi connectivity index (χ0n) is 15.5. The summed E-state index contributed by atoms with van der Waals surface area (Å²) in [6, 6.07) is 0.179. The van der Waals surface area contributed by atoms with Crippen LogP contribution in [-0.2, 0) is 9.53 Å². The lowest BCUT2D eigenvalue weighted by atomic mass is 9.48. The monoisotopic (exact) mass is 336 g/mol. The third kappa shape index (κ3) is 3.86. The smallest absolute Gasteiger partial charge is 0.408 e. The van der Waals surface area contributed by atoms with Crippen molar-refractivity contribution < 1.29 is 14.3 Å². The Morgan fingerprint density at radius 1 is 1.08 bits per heavy atom. The summed E-state index contributed by atoms with van der Waals surface area (Å²) in [5, 5.41) is 5.69. The summed E-state index contributed by atoms with van der Waals surface area (Å²) in [6.07, 6.45) is 7.46. The van der Waals surface area contributed by atoms with Crippen LogP contribution in [0.1, 0.15) is 66.2 Å². The molecule has 4 fully saturated rings. The van der Waals surface area contributed by atoms with Gasteiger partial charge in [0.1, 0.15) is 12.1 Å². The van der Waals surface area contributed by atoms with E-state index in [1.807, 2.05) is 20.8 Å². The molecule has 0 spiro atoms. The summed E-state index contributed by atoms with van der Waals surface area (Å²) in [5.74, 6) is 2.49. The Kier molecular flexibility index (Phi) is 4.56. The van der Waals surface area contributed by atoms with Gasteiger partial charge in [-0.05, 0) is 89.4 Å². The fourth-order valence-corrected chi connectivity index (χ4v) is 5.62. The summed E-state index contributed by atoms with van der Waals surface area (Å²) in [7, 11) is 0. The van der Waals surface area contributed by atoms with Gasteiger partial charge in [-0.2, -0.15) is 0 Å². The molecule has 4 rings (SSSR count). The van der Waals surface area contributed by atoms with Crippen molar-refractivity contribution in [3.05, 3.63) is 0 Å². The number of alkyl carbamates (subject to hydrolysis) is 1. The highest BCUT2D eigenvalue weighted by atomic mass is 16.6. The first-order valence-electron chi connectivity index (χ1n) is 9.41. The van der Waals surface area contributed by atoms with Gasteiger partial charge in [-0.3, -0.25) is 4.79 Å². The molecule has 0 aromatic carbocycles. The van der Waals surface area contributed by atoms with Crippen LogP contribution in [0.25, 0.3) is 0 Å². The Bertz CT molecular complexity index is 474. The van der Waals surface area contributed by atoms with Crippen LogP contribution < -0.4 is 10.6 Å². The van der Waals surface area contributed by atoms with Crippen molar-refractivity contribution in [3.8, 4) is 0 Å². The SMILES string of the molecule is CC(NC(=O)CNC(=O)OC(C)(C)C)C12CC3CC(CC(C3)C1)C2. The number of ether oxygens (including phenoxy) is 1. The van der Waals surface area contributed by atoms with Gasteiger partial charge in [0.05, 0.1) is 0 Å². The summed E-state index contributed by atoms with van der Waals surface area (Å²) in [5.41, 5.74) is -0.261. The molecule has 0 radical (unpaired) electrons. The predicted molar refractivity (Wildman–Crippen MR) is 92.4 cm³/mol. The number of rotatable bonds is 4. The maximum atomic E-state index is 12.2. The molecule has 4 bridgehead atoms. The minimum atomic E-state index is -0.549. The molecule has 24 heavy (non-hydrogen) atoms. The van der Waals surface area contributed by atoms with E-state index in [1.165, 1.54) is 38.5 Å². The molecule has 0 saturated heterocycles. The summed E-state index contributed by atoms with van der Waals surface area (Å²) in [6.45, 7) is 7.55. The molecule has 4 saturated carbocycles. The van der Waals surface area contributed by atoms with Crippen LogP contribution in [0.3, 0.4) is 0 Å². The maximum absolute atomic E-state index is 12.2. The van der Waals surface area contributed by atoms with Gasteiger partial charge < -0.3 is 15.4 Å². The Morgan fingerprint density at radius 2 is 1.58 bits per heavy atom. The largest absolute Gasteiger partial charge is 0.444 e. The standard InChI is InChI=1S/C19H32N2O3/c1-12(21-16(22)11-20-17(23)24-18(2,3)4)19-8-13-5-14(9-19)7-15(6-13)10-19/h12-15H,5-11H2,1-4H3,(H,20,23)(H,21,22). The third-order valence-corrected chi connectivity index (χ3v) is 6.17. The lowest BCUT2D eigenvalue weighted by molar-refractivity contribution is -0.125. The summed E-state index contributed by atoms with van der Waals surface area (Å²) in [4.78, 5) is 23.9. The number of amides is 2. The van der Waals surface area contributed by atoms with E-state index >= 15 is 0 Å². The molecule has 2 N–H and O–H groups in total. The van der Waals surface area contributed by atoms with E-state index in [0.29, 0.717) is 0 Å². The van der Waals surface area contributed by atoms with Crippen molar-refractivity contribution in [3.63, 3.8) is 0 Å². The molecular formula is C19H32N2O3. The second-order valence-electron chi connectivity index (χ2n) is 9.42. The van der Waals surface area contributed by atoms with E-state index in [1.54, 1.807) is 0 Å². The number of hydrogen-bond donors (Lipinski definition) is 2. The average molecular weight is 336 g/mol. The van der Waals surface area contributed by atoms with Crippen LogP contribution in [0.15, 0.2) is 0 Å². The molecular weight excluding hydrogens is 304 g/mol. The zero-order chi connectivity index (χ0) is 17.5. The molecule has 5 nitrogen and oxygen atoms in total. The first kappa shape index (κ1) is 17.6. The van der Waals surface area contributed by atoms with Gasteiger partial charge in [0.2, 0.25) is 5.91 Å². The number of carbonyl (C=O) groups excluding carboxylic acids is 2. The van der Waals surface area contributed by atoms with Crippen LogP contribution in [-0.4, -0.2) is 30.2 Å². The molecule has 4 aliphatic carbocycles. The lowest BCUT2D eigenvalue weighted by Gasteiger charge is -2.59. The predicted octanol–water partition coefficient (Wildman–Crippen LogP) is 3.23. The zero-order valence-corrected chi connectivity index (χ0v) is 15.5. The normalized spacial score (nSPS) is 35.4. The highest BCUT2D eigenvalue weighted by molar-refractivity contribution is 5.82. The third-order valence-electron chi connectivity index (χ3n) is 6.17. The molecule has 0 aromatic rings. The molecule has 5 heteroatoms. The second kappa shape index (κ2) is 6.23. The molecule has 1 unspecified atom stereocenters. The molecule has 0 aliphatic heterocycles. The van der Waals surface area contributed by atoms with Crippen LogP contribution in [0.2, 0.25) is 0 Å². The molecule has 4 aliphatic rings. The van der Waals surface area contributed by atoms with Crippen molar-refractivity contribution in [2.45, 2.75) is 77.9 Å². The number of nitrogens with one attached hydrogen (secondary N) is 2. The first-order valence-corrected chi connectivity index (χ1v) is 9.41. The van der Waals surface area contributed by atoms with E-state index in [-0.39, 0.29) is 23.9 Å². The van der Waals surface area contributed by atoms with Gasteiger partial charge in [0, 0.05) is 6.04 Å². The quantitative estimate of drug-likeness (QED) is 0.828. The van der Waals surface area contributed by atoms with E-state index in [4.69, 9.17) is 4.74 Å². The Balaban J connectivity index is 1.49. The van der Waals surface area contributed by atoms with Crippen LogP contribution >= 0.6 is 0 Å². The van der Waals surface area contributed by atoms with E-state index in [9.17, 15) is 9.59 Å². The van der Waals surface area contributed by atoms with Crippen LogP contribution in [0.5, 0.6) is 0 Å². The molecule has 0 aromatic heterocycles. The van der Waals surface area contributed by atoms with Crippen molar-refractivity contribution in [1.82, 2.24) is 10.6 Å². The number of hydrogen-bond acceptors (Lipinski definition) is 3.